The number of aromatic nitrogens is 2. The number of rotatable bonds is 6. The molecule has 0 spiro atoms. The van der Waals surface area contributed by atoms with E-state index in [2.05, 4.69) is 27.2 Å². The summed E-state index contributed by atoms with van der Waals surface area (Å²) in [4.78, 5) is 12.6. The molecule has 0 radical (unpaired) electrons. The van der Waals surface area contributed by atoms with E-state index < -0.39 is 5.97 Å². The predicted molar refractivity (Wildman–Crippen MR) is 82.1 cm³/mol. The summed E-state index contributed by atoms with van der Waals surface area (Å²) < 4.78 is 0.674. The molecule has 0 aliphatic rings. The molecular formula is C13H15N3O2S2. The van der Waals surface area contributed by atoms with Gasteiger partial charge in [-0.15, -0.1) is 10.2 Å². The number of carbonyl (C=O) groups is 1. The molecule has 7 heteroatoms. The van der Waals surface area contributed by atoms with E-state index in [1.807, 2.05) is 26.0 Å². The fourth-order valence-electron chi connectivity index (χ4n) is 1.65. The normalized spacial score (nSPS) is 10.5. The first-order valence-corrected chi connectivity index (χ1v) is 7.92. The van der Waals surface area contributed by atoms with Crippen LogP contribution in [0.3, 0.4) is 0 Å². The third-order valence-corrected chi connectivity index (χ3v) is 4.67. The van der Waals surface area contributed by atoms with Gasteiger partial charge in [-0.25, -0.2) is 0 Å². The number of nitrogens with zero attached hydrogens (tertiary/aromatic N) is 3. The van der Waals surface area contributed by atoms with E-state index in [-0.39, 0.29) is 5.75 Å². The van der Waals surface area contributed by atoms with Gasteiger partial charge < -0.3 is 10.0 Å². The zero-order valence-electron chi connectivity index (χ0n) is 11.2. The van der Waals surface area contributed by atoms with Gasteiger partial charge in [0.15, 0.2) is 4.34 Å². The maximum atomic E-state index is 10.5. The van der Waals surface area contributed by atoms with Crippen LogP contribution in [0.4, 0.5) is 10.8 Å². The number of carboxylic acid groups (broad SMARTS) is 1. The van der Waals surface area contributed by atoms with Crippen molar-refractivity contribution in [3.05, 3.63) is 29.8 Å². The molecule has 0 aliphatic heterocycles. The first-order valence-electron chi connectivity index (χ1n) is 6.12. The third kappa shape index (κ3) is 3.71. The average molecular weight is 309 g/mol. The number of carboxylic acids is 1. The van der Waals surface area contributed by atoms with Gasteiger partial charge in [-0.1, -0.05) is 40.8 Å². The third-order valence-electron chi connectivity index (χ3n) is 2.61. The van der Waals surface area contributed by atoms with Gasteiger partial charge in [-0.3, -0.25) is 4.79 Å². The number of aryl methyl sites for hydroxylation is 1. The molecule has 1 aromatic heterocycles. The average Bonchev–Trinajstić information content (AvgIpc) is 2.88. The van der Waals surface area contributed by atoms with Crippen LogP contribution < -0.4 is 4.90 Å². The minimum Gasteiger partial charge on any atom is -0.481 e. The Balaban J connectivity index is 2.15. The highest BCUT2D eigenvalue weighted by Gasteiger charge is 2.14. The van der Waals surface area contributed by atoms with Crippen molar-refractivity contribution in [2.24, 2.45) is 0 Å². The number of hydrogen-bond donors (Lipinski definition) is 1. The summed E-state index contributed by atoms with van der Waals surface area (Å²) in [6, 6.07) is 8.20. The number of benzene rings is 1. The molecule has 2 rings (SSSR count). The lowest BCUT2D eigenvalue weighted by atomic mass is 10.2. The monoisotopic (exact) mass is 309 g/mol. The van der Waals surface area contributed by atoms with Crippen LogP contribution in [0, 0.1) is 6.92 Å². The second-order valence-electron chi connectivity index (χ2n) is 4.11. The van der Waals surface area contributed by atoms with Crippen LogP contribution in [-0.4, -0.2) is 33.6 Å². The van der Waals surface area contributed by atoms with E-state index in [4.69, 9.17) is 5.11 Å². The number of aliphatic carboxylic acids is 1. The van der Waals surface area contributed by atoms with Gasteiger partial charge in [0.25, 0.3) is 0 Å². The van der Waals surface area contributed by atoms with Crippen molar-refractivity contribution in [3.63, 3.8) is 0 Å². The van der Waals surface area contributed by atoms with Gasteiger partial charge in [0.1, 0.15) is 0 Å². The molecule has 1 N–H and O–H groups in total. The van der Waals surface area contributed by atoms with Crippen LogP contribution in [0.5, 0.6) is 0 Å². The maximum Gasteiger partial charge on any atom is 0.313 e. The van der Waals surface area contributed by atoms with Crippen LogP contribution in [0.25, 0.3) is 0 Å². The molecule has 5 nitrogen and oxygen atoms in total. The smallest absolute Gasteiger partial charge is 0.313 e. The molecule has 0 saturated carbocycles. The van der Waals surface area contributed by atoms with Crippen molar-refractivity contribution >= 4 is 39.9 Å². The fraction of sp³-hybridized carbons (Fsp3) is 0.308. The molecule has 1 aromatic carbocycles. The molecule has 0 atom stereocenters. The lowest BCUT2D eigenvalue weighted by Gasteiger charge is -2.19. The van der Waals surface area contributed by atoms with Crippen LogP contribution in [-0.2, 0) is 4.79 Å². The SMILES string of the molecule is CCN(c1ccc(C)cc1)c1nnc(SCC(=O)O)s1. The molecule has 106 valence electrons. The van der Waals surface area contributed by atoms with Gasteiger partial charge >= 0.3 is 5.97 Å². The highest BCUT2D eigenvalue weighted by Crippen LogP contribution is 2.32. The Bertz CT molecular complexity index is 584. The zero-order chi connectivity index (χ0) is 14.5. The summed E-state index contributed by atoms with van der Waals surface area (Å²) in [5.41, 5.74) is 2.27. The lowest BCUT2D eigenvalue weighted by molar-refractivity contribution is -0.133. The standard InChI is InChI=1S/C13H15N3O2S2/c1-3-16(10-6-4-9(2)5-7-10)12-14-15-13(20-12)19-8-11(17)18/h4-7H,3,8H2,1-2H3,(H,17,18). The Kier molecular flexibility index (Phi) is 4.97. The van der Waals surface area contributed by atoms with Gasteiger partial charge in [-0.05, 0) is 26.0 Å². The van der Waals surface area contributed by atoms with Crippen molar-refractivity contribution in [1.29, 1.82) is 0 Å². The maximum absolute atomic E-state index is 10.5. The van der Waals surface area contributed by atoms with Crippen molar-refractivity contribution in [2.45, 2.75) is 18.2 Å². The van der Waals surface area contributed by atoms with Crippen molar-refractivity contribution < 1.29 is 9.90 Å². The summed E-state index contributed by atoms with van der Waals surface area (Å²) in [6.45, 7) is 4.87. The highest BCUT2D eigenvalue weighted by atomic mass is 32.2. The number of anilines is 2. The number of hydrogen-bond acceptors (Lipinski definition) is 6. The largest absolute Gasteiger partial charge is 0.481 e. The minimum absolute atomic E-state index is 0.00525. The minimum atomic E-state index is -0.849. The van der Waals surface area contributed by atoms with Gasteiger partial charge in [0, 0.05) is 12.2 Å². The molecule has 0 amide bonds. The van der Waals surface area contributed by atoms with E-state index in [0.717, 1.165) is 17.4 Å². The molecule has 0 saturated heterocycles. The quantitative estimate of drug-likeness (QED) is 0.827. The molecule has 0 fully saturated rings. The lowest BCUT2D eigenvalue weighted by Crippen LogP contribution is -2.15. The van der Waals surface area contributed by atoms with Crippen molar-refractivity contribution in [3.8, 4) is 0 Å². The van der Waals surface area contributed by atoms with Gasteiger partial charge in [-0.2, -0.15) is 0 Å². The molecule has 0 bridgehead atoms. The number of thioether (sulfide) groups is 1. The molecular weight excluding hydrogens is 294 g/mol. The second kappa shape index (κ2) is 6.71. The Morgan fingerprint density at radius 3 is 2.65 bits per heavy atom. The van der Waals surface area contributed by atoms with Crippen molar-refractivity contribution in [1.82, 2.24) is 10.2 Å². The first kappa shape index (κ1) is 14.8. The van der Waals surface area contributed by atoms with E-state index in [0.29, 0.717) is 4.34 Å². The van der Waals surface area contributed by atoms with Crippen LogP contribution in [0.1, 0.15) is 12.5 Å². The molecule has 2 aromatic rings. The Labute approximate surface area is 125 Å². The molecule has 1 heterocycles. The summed E-state index contributed by atoms with van der Waals surface area (Å²) in [7, 11) is 0. The van der Waals surface area contributed by atoms with Gasteiger partial charge in [0.05, 0.1) is 5.75 Å². The fourth-order valence-corrected chi connectivity index (χ4v) is 3.29. The summed E-state index contributed by atoms with van der Waals surface area (Å²) >= 11 is 2.60. The Morgan fingerprint density at radius 1 is 1.35 bits per heavy atom. The van der Waals surface area contributed by atoms with Crippen molar-refractivity contribution in [2.75, 3.05) is 17.2 Å². The topological polar surface area (TPSA) is 66.3 Å². The van der Waals surface area contributed by atoms with Crippen LogP contribution in [0.2, 0.25) is 0 Å². The molecule has 0 aliphatic carbocycles. The molecule has 20 heavy (non-hydrogen) atoms. The Hall–Kier alpha value is -1.60. The summed E-state index contributed by atoms with van der Waals surface area (Å²) in [5.74, 6) is -0.844. The van der Waals surface area contributed by atoms with Gasteiger partial charge in [0.2, 0.25) is 5.13 Å². The second-order valence-corrected chi connectivity index (χ2v) is 6.29. The van der Waals surface area contributed by atoms with E-state index in [1.54, 1.807) is 0 Å². The van der Waals surface area contributed by atoms with E-state index >= 15 is 0 Å². The predicted octanol–water partition coefficient (Wildman–Crippen LogP) is 3.18. The van der Waals surface area contributed by atoms with Crippen LogP contribution >= 0.6 is 23.1 Å². The highest BCUT2D eigenvalue weighted by molar-refractivity contribution is 8.01. The first-order chi connectivity index (χ1) is 9.60. The molecule has 0 unspecified atom stereocenters. The van der Waals surface area contributed by atoms with Crippen LogP contribution in [0.15, 0.2) is 28.6 Å². The van der Waals surface area contributed by atoms with E-state index in [9.17, 15) is 4.79 Å². The summed E-state index contributed by atoms with van der Waals surface area (Å²) in [5, 5.41) is 17.6. The summed E-state index contributed by atoms with van der Waals surface area (Å²) in [6.07, 6.45) is 0. The van der Waals surface area contributed by atoms with E-state index in [1.165, 1.54) is 28.7 Å². The Morgan fingerprint density at radius 2 is 2.05 bits per heavy atom. The zero-order valence-corrected chi connectivity index (χ0v) is 12.9.